The predicted molar refractivity (Wildman–Crippen MR) is 238 cm³/mol. The lowest BCUT2D eigenvalue weighted by Gasteiger charge is -2.18. The molecule has 0 amide bonds. The first kappa shape index (κ1) is 54.4. The number of carbonyl (C=O) groups excluding carboxylic acids is 3. The van der Waals surface area contributed by atoms with E-state index in [0.29, 0.717) is 19.3 Å². The number of hydrogen-bond donors (Lipinski definition) is 0. The van der Waals surface area contributed by atoms with Gasteiger partial charge in [-0.25, -0.2) is 0 Å². The van der Waals surface area contributed by atoms with Gasteiger partial charge in [-0.05, 0) is 31.1 Å². The van der Waals surface area contributed by atoms with Crippen LogP contribution in [0.25, 0.3) is 0 Å². The molecule has 0 radical (unpaired) electrons. The van der Waals surface area contributed by atoms with Crippen molar-refractivity contribution in [3.8, 4) is 0 Å². The van der Waals surface area contributed by atoms with Crippen molar-refractivity contribution in [1.29, 1.82) is 0 Å². The van der Waals surface area contributed by atoms with E-state index in [-0.39, 0.29) is 31.1 Å². The molecule has 1 atom stereocenters. The standard InChI is InChI=1S/C50H96O6/c1-6-7-8-9-23-30-35-40-48(51)54-43-47(44-55-49(52)41-36-31-26-21-18-17-20-25-29-34-39-46(4)5)56-50(53)42-37-32-27-22-16-14-12-10-11-13-15-19-24-28-33-38-45(2)3/h45-47H,6-44H2,1-5H3/t47-/m1/s1. The summed E-state index contributed by atoms with van der Waals surface area (Å²) in [5.41, 5.74) is 0. The number of esters is 3. The van der Waals surface area contributed by atoms with Crippen molar-refractivity contribution in [2.24, 2.45) is 11.8 Å². The van der Waals surface area contributed by atoms with Crippen LogP contribution in [-0.2, 0) is 28.6 Å². The number of rotatable bonds is 44. The van der Waals surface area contributed by atoms with E-state index in [1.165, 1.54) is 161 Å². The fraction of sp³-hybridized carbons (Fsp3) is 0.940. The summed E-state index contributed by atoms with van der Waals surface area (Å²) in [4.78, 5) is 37.7. The zero-order valence-electron chi connectivity index (χ0n) is 38.3. The molecule has 0 fully saturated rings. The second-order valence-corrected chi connectivity index (χ2v) is 18.1. The van der Waals surface area contributed by atoms with Gasteiger partial charge < -0.3 is 14.2 Å². The molecule has 0 unspecified atom stereocenters. The molecule has 0 aromatic carbocycles. The second-order valence-electron chi connectivity index (χ2n) is 18.1. The minimum Gasteiger partial charge on any atom is -0.462 e. The maximum absolute atomic E-state index is 12.7. The molecule has 0 aromatic heterocycles. The Morgan fingerprint density at radius 1 is 0.339 bits per heavy atom. The Balaban J connectivity index is 4.21. The Hall–Kier alpha value is -1.59. The largest absolute Gasteiger partial charge is 0.462 e. The van der Waals surface area contributed by atoms with Gasteiger partial charge in [-0.3, -0.25) is 14.4 Å². The summed E-state index contributed by atoms with van der Waals surface area (Å²) in [5.74, 6) is 0.809. The number of ether oxygens (including phenoxy) is 3. The van der Waals surface area contributed by atoms with Crippen molar-refractivity contribution in [1.82, 2.24) is 0 Å². The molecule has 0 aromatic rings. The SMILES string of the molecule is CCCCCCCCCC(=O)OC[C@H](COC(=O)CCCCCCCCCCCCC(C)C)OC(=O)CCCCCCCCCCCCCCCCCC(C)C. The van der Waals surface area contributed by atoms with Gasteiger partial charge in [-0.15, -0.1) is 0 Å². The van der Waals surface area contributed by atoms with E-state index in [1.807, 2.05) is 0 Å². The molecule has 0 aliphatic carbocycles. The van der Waals surface area contributed by atoms with E-state index in [9.17, 15) is 14.4 Å². The summed E-state index contributed by atoms with van der Waals surface area (Å²) in [6, 6.07) is 0. The fourth-order valence-corrected chi connectivity index (χ4v) is 7.46. The summed E-state index contributed by atoms with van der Waals surface area (Å²) in [6.45, 7) is 11.3. The van der Waals surface area contributed by atoms with E-state index in [2.05, 4.69) is 34.6 Å². The van der Waals surface area contributed by atoms with E-state index in [1.54, 1.807) is 0 Å². The summed E-state index contributed by atoms with van der Waals surface area (Å²) < 4.78 is 16.7. The minimum absolute atomic E-state index is 0.0646. The van der Waals surface area contributed by atoms with Gasteiger partial charge in [0.25, 0.3) is 0 Å². The van der Waals surface area contributed by atoms with Crippen molar-refractivity contribution in [2.45, 2.75) is 278 Å². The molecule has 6 nitrogen and oxygen atoms in total. The van der Waals surface area contributed by atoms with Gasteiger partial charge in [0.05, 0.1) is 0 Å². The van der Waals surface area contributed by atoms with Crippen LogP contribution in [0.2, 0.25) is 0 Å². The Kier molecular flexibility index (Phi) is 41.8. The molecule has 0 heterocycles. The number of unbranched alkanes of at least 4 members (excludes halogenated alkanes) is 29. The minimum atomic E-state index is -0.760. The highest BCUT2D eigenvalue weighted by molar-refractivity contribution is 5.71. The summed E-state index contributed by atoms with van der Waals surface area (Å²) >= 11 is 0. The third kappa shape index (κ3) is 43.5. The smallest absolute Gasteiger partial charge is 0.306 e. The molecule has 0 saturated carbocycles. The topological polar surface area (TPSA) is 78.9 Å². The summed E-state index contributed by atoms with van der Waals surface area (Å²) in [6.07, 6.45) is 42.4. The quantitative estimate of drug-likeness (QED) is 0.0347. The first-order valence-electron chi connectivity index (χ1n) is 24.7. The van der Waals surface area contributed by atoms with Crippen molar-refractivity contribution in [2.75, 3.05) is 13.2 Å². The highest BCUT2D eigenvalue weighted by atomic mass is 16.6. The lowest BCUT2D eigenvalue weighted by Crippen LogP contribution is -2.30. The summed E-state index contributed by atoms with van der Waals surface area (Å²) in [5, 5.41) is 0. The van der Waals surface area contributed by atoms with Crippen molar-refractivity contribution < 1.29 is 28.6 Å². The van der Waals surface area contributed by atoms with Crippen molar-refractivity contribution in [3.63, 3.8) is 0 Å². The Morgan fingerprint density at radius 3 is 0.875 bits per heavy atom. The Morgan fingerprint density at radius 2 is 0.589 bits per heavy atom. The van der Waals surface area contributed by atoms with E-state index in [0.717, 1.165) is 69.6 Å². The van der Waals surface area contributed by atoms with Crippen LogP contribution in [0.1, 0.15) is 272 Å². The molecule has 0 bridgehead atoms. The third-order valence-electron chi connectivity index (χ3n) is 11.2. The summed E-state index contributed by atoms with van der Waals surface area (Å²) in [7, 11) is 0. The Labute approximate surface area is 348 Å². The highest BCUT2D eigenvalue weighted by Crippen LogP contribution is 2.17. The van der Waals surface area contributed by atoms with Gasteiger partial charge in [0.1, 0.15) is 13.2 Å². The van der Waals surface area contributed by atoms with Crippen LogP contribution < -0.4 is 0 Å². The molecule has 0 N–H and O–H groups in total. The van der Waals surface area contributed by atoms with Gasteiger partial charge >= 0.3 is 17.9 Å². The van der Waals surface area contributed by atoms with Gasteiger partial charge in [0.15, 0.2) is 6.10 Å². The van der Waals surface area contributed by atoms with Crippen LogP contribution in [0, 0.1) is 11.8 Å². The van der Waals surface area contributed by atoms with Crippen molar-refractivity contribution >= 4 is 17.9 Å². The third-order valence-corrected chi connectivity index (χ3v) is 11.2. The Bertz CT molecular complexity index is 854. The van der Waals surface area contributed by atoms with E-state index in [4.69, 9.17) is 14.2 Å². The van der Waals surface area contributed by atoms with E-state index >= 15 is 0 Å². The van der Waals surface area contributed by atoms with Crippen LogP contribution in [0.5, 0.6) is 0 Å². The van der Waals surface area contributed by atoms with Crippen LogP contribution in [-0.4, -0.2) is 37.2 Å². The molecule has 6 heteroatoms. The van der Waals surface area contributed by atoms with Gasteiger partial charge in [0, 0.05) is 19.3 Å². The molecular formula is C50H96O6. The maximum atomic E-state index is 12.7. The van der Waals surface area contributed by atoms with Crippen LogP contribution >= 0.6 is 0 Å². The van der Waals surface area contributed by atoms with Crippen LogP contribution in [0.4, 0.5) is 0 Å². The zero-order valence-corrected chi connectivity index (χ0v) is 38.3. The van der Waals surface area contributed by atoms with Gasteiger partial charge in [-0.2, -0.15) is 0 Å². The first-order valence-corrected chi connectivity index (χ1v) is 24.7. The number of carbonyl (C=O) groups is 3. The van der Waals surface area contributed by atoms with Crippen LogP contribution in [0.15, 0.2) is 0 Å². The number of hydrogen-bond acceptors (Lipinski definition) is 6. The molecule has 0 saturated heterocycles. The monoisotopic (exact) mass is 793 g/mol. The zero-order chi connectivity index (χ0) is 41.2. The lowest BCUT2D eigenvalue weighted by atomic mass is 10.0. The second kappa shape index (κ2) is 43.0. The molecule has 0 aliphatic heterocycles. The predicted octanol–water partition coefficient (Wildman–Crippen LogP) is 15.8. The van der Waals surface area contributed by atoms with Crippen molar-refractivity contribution in [3.05, 3.63) is 0 Å². The molecule has 0 rings (SSSR count). The highest BCUT2D eigenvalue weighted by Gasteiger charge is 2.19. The van der Waals surface area contributed by atoms with Crippen LogP contribution in [0.3, 0.4) is 0 Å². The maximum Gasteiger partial charge on any atom is 0.306 e. The lowest BCUT2D eigenvalue weighted by molar-refractivity contribution is -0.167. The van der Waals surface area contributed by atoms with Gasteiger partial charge in [-0.1, -0.05) is 234 Å². The molecule has 332 valence electrons. The first-order chi connectivity index (χ1) is 27.2. The normalized spacial score (nSPS) is 12.1. The molecule has 0 spiro atoms. The fourth-order valence-electron chi connectivity index (χ4n) is 7.46. The molecule has 0 aliphatic rings. The van der Waals surface area contributed by atoms with E-state index < -0.39 is 6.10 Å². The van der Waals surface area contributed by atoms with Gasteiger partial charge in [0.2, 0.25) is 0 Å². The average molecular weight is 793 g/mol. The molecular weight excluding hydrogens is 697 g/mol. The average Bonchev–Trinajstić information content (AvgIpc) is 3.16. The molecule has 56 heavy (non-hydrogen) atoms.